The largest absolute Gasteiger partial charge is 0.392 e. The van der Waals surface area contributed by atoms with Crippen LogP contribution in [0, 0.1) is 0 Å². The zero-order chi connectivity index (χ0) is 13.3. The van der Waals surface area contributed by atoms with E-state index >= 15 is 0 Å². The molecule has 0 aliphatic carbocycles. The van der Waals surface area contributed by atoms with E-state index in [1.54, 1.807) is 18.2 Å². The van der Waals surface area contributed by atoms with E-state index in [1.807, 2.05) is 0 Å². The molecule has 18 heavy (non-hydrogen) atoms. The third kappa shape index (κ3) is 2.40. The van der Waals surface area contributed by atoms with Crippen LogP contribution < -0.4 is 5.73 Å². The number of nitrogens with zero attached hydrogens (tertiary/aromatic N) is 1. The van der Waals surface area contributed by atoms with Gasteiger partial charge in [0, 0.05) is 22.9 Å². The first-order valence-corrected chi connectivity index (χ1v) is 6.17. The summed E-state index contributed by atoms with van der Waals surface area (Å²) in [5.74, 6) is 0.274. The summed E-state index contributed by atoms with van der Waals surface area (Å²) in [6.07, 6.45) is 1.54. The maximum absolute atomic E-state index is 9.17. The van der Waals surface area contributed by atoms with E-state index in [4.69, 9.17) is 40.5 Å². The number of halogens is 3. The molecule has 0 aliphatic heterocycles. The number of anilines is 1. The number of pyridine rings is 1. The summed E-state index contributed by atoms with van der Waals surface area (Å²) in [4.78, 5) is 4.00. The van der Waals surface area contributed by atoms with Crippen LogP contribution in [0.4, 0.5) is 5.82 Å². The van der Waals surface area contributed by atoms with Gasteiger partial charge in [0.1, 0.15) is 5.82 Å². The van der Waals surface area contributed by atoms with E-state index < -0.39 is 0 Å². The fourth-order valence-corrected chi connectivity index (χ4v) is 2.32. The second-order valence-corrected chi connectivity index (χ2v) is 4.84. The van der Waals surface area contributed by atoms with Gasteiger partial charge in [0.05, 0.1) is 21.7 Å². The first kappa shape index (κ1) is 13.4. The molecule has 0 saturated carbocycles. The lowest BCUT2D eigenvalue weighted by Crippen LogP contribution is -1.98. The van der Waals surface area contributed by atoms with Crippen LogP contribution in [-0.4, -0.2) is 10.1 Å². The average Bonchev–Trinajstić information content (AvgIpc) is 2.36. The molecule has 0 unspecified atom stereocenters. The molecule has 0 amide bonds. The molecular formula is C12H9Cl3N2O. The van der Waals surface area contributed by atoms with Crippen molar-refractivity contribution >= 4 is 40.6 Å². The van der Waals surface area contributed by atoms with E-state index in [-0.39, 0.29) is 12.4 Å². The molecule has 0 atom stereocenters. The summed E-state index contributed by atoms with van der Waals surface area (Å²) >= 11 is 18.2. The van der Waals surface area contributed by atoms with Crippen molar-refractivity contribution in [3.05, 3.63) is 45.0 Å². The van der Waals surface area contributed by atoms with Crippen LogP contribution in [0.25, 0.3) is 11.1 Å². The Hall–Kier alpha value is -1.00. The number of nitrogen functional groups attached to an aromatic ring is 1. The van der Waals surface area contributed by atoms with E-state index in [9.17, 15) is 5.11 Å². The molecule has 3 nitrogen and oxygen atoms in total. The van der Waals surface area contributed by atoms with Crippen LogP contribution in [0.2, 0.25) is 15.1 Å². The van der Waals surface area contributed by atoms with Gasteiger partial charge in [-0.3, -0.25) is 0 Å². The zero-order valence-corrected chi connectivity index (χ0v) is 11.4. The number of aromatic nitrogens is 1. The normalized spacial score (nSPS) is 10.7. The van der Waals surface area contributed by atoms with Crippen molar-refractivity contribution in [1.29, 1.82) is 0 Å². The number of rotatable bonds is 2. The van der Waals surface area contributed by atoms with Crippen molar-refractivity contribution in [3.63, 3.8) is 0 Å². The van der Waals surface area contributed by atoms with Crippen LogP contribution in [-0.2, 0) is 6.61 Å². The van der Waals surface area contributed by atoms with E-state index in [0.29, 0.717) is 31.8 Å². The molecule has 0 saturated heterocycles. The molecule has 0 fully saturated rings. The first-order chi connectivity index (χ1) is 8.54. The molecule has 2 rings (SSSR count). The lowest BCUT2D eigenvalue weighted by atomic mass is 10.1. The van der Waals surface area contributed by atoms with Gasteiger partial charge < -0.3 is 10.8 Å². The Morgan fingerprint density at radius 2 is 1.83 bits per heavy atom. The predicted octanol–water partition coefficient (Wildman–Crippen LogP) is 3.78. The Kier molecular flexibility index (Phi) is 3.97. The molecule has 1 aromatic heterocycles. The van der Waals surface area contributed by atoms with E-state index in [0.717, 1.165) is 0 Å². The second kappa shape index (κ2) is 5.33. The third-order valence-corrected chi connectivity index (χ3v) is 3.62. The Morgan fingerprint density at radius 1 is 1.17 bits per heavy atom. The van der Waals surface area contributed by atoms with Crippen molar-refractivity contribution in [3.8, 4) is 11.1 Å². The topological polar surface area (TPSA) is 59.1 Å². The molecule has 0 spiro atoms. The SMILES string of the molecule is Nc1ncc(-c2c(Cl)ccc(Cl)c2Cl)cc1CO. The van der Waals surface area contributed by atoms with Crippen LogP contribution in [0.1, 0.15) is 5.56 Å². The summed E-state index contributed by atoms with van der Waals surface area (Å²) < 4.78 is 0. The lowest BCUT2D eigenvalue weighted by Gasteiger charge is -2.10. The minimum Gasteiger partial charge on any atom is -0.392 e. The fourth-order valence-electron chi connectivity index (χ4n) is 1.58. The number of aliphatic hydroxyl groups excluding tert-OH is 1. The van der Waals surface area contributed by atoms with Crippen molar-refractivity contribution < 1.29 is 5.11 Å². The van der Waals surface area contributed by atoms with Crippen LogP contribution in [0.15, 0.2) is 24.4 Å². The van der Waals surface area contributed by atoms with Gasteiger partial charge in [-0.2, -0.15) is 0 Å². The molecule has 3 N–H and O–H groups in total. The maximum atomic E-state index is 9.17. The van der Waals surface area contributed by atoms with Crippen molar-refractivity contribution in [2.75, 3.05) is 5.73 Å². The molecule has 0 bridgehead atoms. The highest BCUT2D eigenvalue weighted by molar-refractivity contribution is 6.46. The molecule has 2 aromatic rings. The minimum absolute atomic E-state index is 0.206. The second-order valence-electron chi connectivity index (χ2n) is 3.64. The number of benzene rings is 1. The number of hydrogen-bond acceptors (Lipinski definition) is 3. The summed E-state index contributed by atoms with van der Waals surface area (Å²) in [6.45, 7) is -0.206. The van der Waals surface area contributed by atoms with Crippen LogP contribution in [0.5, 0.6) is 0 Å². The summed E-state index contributed by atoms with van der Waals surface area (Å²) in [5.41, 5.74) is 7.37. The smallest absolute Gasteiger partial charge is 0.128 e. The molecule has 1 aromatic carbocycles. The fraction of sp³-hybridized carbons (Fsp3) is 0.0833. The Morgan fingerprint density at radius 3 is 2.50 bits per heavy atom. The Balaban J connectivity index is 2.65. The molecule has 0 aliphatic rings. The minimum atomic E-state index is -0.206. The van der Waals surface area contributed by atoms with Gasteiger partial charge >= 0.3 is 0 Å². The van der Waals surface area contributed by atoms with Crippen molar-refractivity contribution in [1.82, 2.24) is 4.98 Å². The molecule has 1 heterocycles. The van der Waals surface area contributed by atoms with Gasteiger partial charge in [-0.1, -0.05) is 34.8 Å². The summed E-state index contributed by atoms with van der Waals surface area (Å²) in [7, 11) is 0. The Bertz CT molecular complexity index is 602. The van der Waals surface area contributed by atoms with Gasteiger partial charge in [-0.15, -0.1) is 0 Å². The highest BCUT2D eigenvalue weighted by Crippen LogP contribution is 2.39. The zero-order valence-electron chi connectivity index (χ0n) is 9.12. The van der Waals surface area contributed by atoms with E-state index in [2.05, 4.69) is 4.98 Å². The van der Waals surface area contributed by atoms with Gasteiger partial charge in [-0.05, 0) is 18.2 Å². The quantitative estimate of drug-likeness (QED) is 0.830. The maximum Gasteiger partial charge on any atom is 0.128 e. The summed E-state index contributed by atoms with van der Waals surface area (Å²) in [6, 6.07) is 4.96. The van der Waals surface area contributed by atoms with Gasteiger partial charge in [0.15, 0.2) is 0 Å². The van der Waals surface area contributed by atoms with Crippen LogP contribution >= 0.6 is 34.8 Å². The highest BCUT2D eigenvalue weighted by atomic mass is 35.5. The Labute approximate surface area is 119 Å². The molecular weight excluding hydrogens is 295 g/mol. The number of aliphatic hydroxyl groups is 1. The van der Waals surface area contributed by atoms with Crippen molar-refractivity contribution in [2.45, 2.75) is 6.61 Å². The van der Waals surface area contributed by atoms with Crippen LogP contribution in [0.3, 0.4) is 0 Å². The number of nitrogens with two attached hydrogens (primary N) is 1. The van der Waals surface area contributed by atoms with E-state index in [1.165, 1.54) is 6.20 Å². The first-order valence-electron chi connectivity index (χ1n) is 5.03. The number of hydrogen-bond donors (Lipinski definition) is 2. The average molecular weight is 304 g/mol. The third-order valence-electron chi connectivity index (χ3n) is 2.50. The van der Waals surface area contributed by atoms with Crippen molar-refractivity contribution in [2.24, 2.45) is 0 Å². The standard InChI is InChI=1S/C12H9Cl3N2O/c13-8-1-2-9(14)11(15)10(8)6-3-7(5-18)12(16)17-4-6/h1-4,18H,5H2,(H2,16,17). The summed E-state index contributed by atoms with van der Waals surface area (Å²) in [5, 5.41) is 10.4. The predicted molar refractivity (Wildman–Crippen MR) is 75.0 cm³/mol. The van der Waals surface area contributed by atoms with Gasteiger partial charge in [-0.25, -0.2) is 4.98 Å². The monoisotopic (exact) mass is 302 g/mol. The van der Waals surface area contributed by atoms with Gasteiger partial charge in [0.25, 0.3) is 0 Å². The van der Waals surface area contributed by atoms with Gasteiger partial charge in [0.2, 0.25) is 0 Å². The molecule has 0 radical (unpaired) electrons. The molecule has 94 valence electrons. The lowest BCUT2D eigenvalue weighted by molar-refractivity contribution is 0.282. The highest BCUT2D eigenvalue weighted by Gasteiger charge is 2.13. The molecule has 6 heteroatoms.